The van der Waals surface area contributed by atoms with Crippen molar-refractivity contribution < 1.29 is 4.79 Å². The van der Waals surface area contributed by atoms with Gasteiger partial charge in [-0.05, 0) is 6.92 Å². The molecule has 0 bridgehead atoms. The van der Waals surface area contributed by atoms with Crippen molar-refractivity contribution in [2.24, 2.45) is 0 Å². The fourth-order valence-corrected chi connectivity index (χ4v) is 1.54. The SMILES string of the molecule is CC1SCC(=O)N1C. The van der Waals surface area contributed by atoms with Gasteiger partial charge >= 0.3 is 0 Å². The lowest BCUT2D eigenvalue weighted by Gasteiger charge is -2.12. The van der Waals surface area contributed by atoms with Crippen molar-refractivity contribution in [1.82, 2.24) is 4.90 Å². The van der Waals surface area contributed by atoms with Crippen LogP contribution in [0.5, 0.6) is 0 Å². The molecule has 1 saturated heterocycles. The Morgan fingerprint density at radius 3 is 2.62 bits per heavy atom. The Bertz CT molecular complexity index is 115. The Morgan fingerprint density at radius 1 is 1.88 bits per heavy atom. The first-order valence-electron chi connectivity index (χ1n) is 2.59. The molecule has 2 nitrogen and oxygen atoms in total. The zero-order chi connectivity index (χ0) is 6.15. The lowest BCUT2D eigenvalue weighted by molar-refractivity contribution is -0.126. The number of hydrogen-bond donors (Lipinski definition) is 0. The van der Waals surface area contributed by atoms with E-state index in [1.807, 2.05) is 14.0 Å². The monoisotopic (exact) mass is 131 g/mol. The van der Waals surface area contributed by atoms with E-state index in [-0.39, 0.29) is 5.91 Å². The average molecular weight is 131 g/mol. The molecule has 0 radical (unpaired) electrons. The lowest BCUT2D eigenvalue weighted by atomic mass is 10.6. The number of hydrogen-bond acceptors (Lipinski definition) is 2. The quantitative estimate of drug-likeness (QED) is 0.478. The Hall–Kier alpha value is -0.180. The second-order valence-electron chi connectivity index (χ2n) is 1.91. The first-order chi connectivity index (χ1) is 3.72. The van der Waals surface area contributed by atoms with E-state index in [1.165, 1.54) is 0 Å². The smallest absolute Gasteiger partial charge is 0.233 e. The second-order valence-corrected chi connectivity index (χ2v) is 3.22. The van der Waals surface area contributed by atoms with Gasteiger partial charge in [-0.1, -0.05) is 0 Å². The Balaban J connectivity index is 2.56. The van der Waals surface area contributed by atoms with E-state index in [9.17, 15) is 4.79 Å². The van der Waals surface area contributed by atoms with E-state index in [0.717, 1.165) is 0 Å². The molecule has 0 saturated carbocycles. The number of carbonyl (C=O) groups is 1. The molecule has 1 heterocycles. The molecule has 0 aliphatic carbocycles. The van der Waals surface area contributed by atoms with Crippen LogP contribution in [0.2, 0.25) is 0 Å². The summed E-state index contributed by atoms with van der Waals surface area (Å²) in [6, 6.07) is 0. The molecular weight excluding hydrogens is 122 g/mol. The van der Waals surface area contributed by atoms with Gasteiger partial charge in [0, 0.05) is 7.05 Å². The molecule has 46 valence electrons. The number of amides is 1. The number of thioether (sulfide) groups is 1. The van der Waals surface area contributed by atoms with Crippen molar-refractivity contribution in [3.05, 3.63) is 0 Å². The molecule has 3 heteroatoms. The van der Waals surface area contributed by atoms with Gasteiger partial charge in [0.1, 0.15) is 0 Å². The van der Waals surface area contributed by atoms with Crippen molar-refractivity contribution in [3.63, 3.8) is 0 Å². The molecular formula is C5H9NOS. The van der Waals surface area contributed by atoms with Crippen LogP contribution in [0.1, 0.15) is 6.92 Å². The standard InChI is InChI=1S/C5H9NOS/c1-4-6(2)5(7)3-8-4/h4H,3H2,1-2H3. The average Bonchev–Trinajstić information content (AvgIpc) is 1.98. The van der Waals surface area contributed by atoms with Gasteiger partial charge in [-0.15, -0.1) is 11.8 Å². The molecule has 1 rings (SSSR count). The van der Waals surface area contributed by atoms with E-state index >= 15 is 0 Å². The molecule has 0 N–H and O–H groups in total. The third-order valence-electron chi connectivity index (χ3n) is 1.39. The van der Waals surface area contributed by atoms with Gasteiger partial charge in [0.05, 0.1) is 11.1 Å². The molecule has 0 spiro atoms. The predicted molar refractivity (Wildman–Crippen MR) is 34.7 cm³/mol. The summed E-state index contributed by atoms with van der Waals surface area (Å²) in [6.07, 6.45) is 0. The first kappa shape index (κ1) is 5.95. The van der Waals surface area contributed by atoms with Crippen LogP contribution in [-0.2, 0) is 4.79 Å². The van der Waals surface area contributed by atoms with Crippen molar-refractivity contribution in [2.45, 2.75) is 12.3 Å². The van der Waals surface area contributed by atoms with Gasteiger partial charge in [-0.25, -0.2) is 0 Å². The summed E-state index contributed by atoms with van der Waals surface area (Å²) < 4.78 is 0. The van der Waals surface area contributed by atoms with Gasteiger partial charge in [0.25, 0.3) is 0 Å². The maximum atomic E-state index is 10.7. The van der Waals surface area contributed by atoms with Crippen LogP contribution in [0.15, 0.2) is 0 Å². The van der Waals surface area contributed by atoms with Gasteiger partial charge in [-0.2, -0.15) is 0 Å². The molecule has 0 aromatic heterocycles. The Kier molecular flexibility index (Phi) is 1.47. The summed E-state index contributed by atoms with van der Waals surface area (Å²) in [5.74, 6) is 0.917. The minimum atomic E-state index is 0.252. The summed E-state index contributed by atoms with van der Waals surface area (Å²) in [7, 11) is 1.84. The van der Waals surface area contributed by atoms with Gasteiger partial charge in [-0.3, -0.25) is 4.79 Å². The van der Waals surface area contributed by atoms with Crippen LogP contribution in [0.3, 0.4) is 0 Å². The highest BCUT2D eigenvalue weighted by Gasteiger charge is 2.23. The molecule has 1 atom stereocenters. The number of rotatable bonds is 0. The maximum Gasteiger partial charge on any atom is 0.233 e. The zero-order valence-electron chi connectivity index (χ0n) is 5.05. The van der Waals surface area contributed by atoms with Crippen molar-refractivity contribution in [3.8, 4) is 0 Å². The third kappa shape index (κ3) is 0.823. The summed E-state index contributed by atoms with van der Waals surface area (Å²) in [4.78, 5) is 12.5. The molecule has 1 amide bonds. The fraction of sp³-hybridized carbons (Fsp3) is 0.800. The van der Waals surface area contributed by atoms with E-state index in [1.54, 1.807) is 16.7 Å². The fourth-order valence-electron chi connectivity index (χ4n) is 0.608. The van der Waals surface area contributed by atoms with Crippen LogP contribution >= 0.6 is 11.8 Å². The van der Waals surface area contributed by atoms with Crippen molar-refractivity contribution in [2.75, 3.05) is 12.8 Å². The van der Waals surface area contributed by atoms with Crippen LogP contribution in [0.4, 0.5) is 0 Å². The molecule has 0 aromatic rings. The molecule has 1 aliphatic heterocycles. The van der Waals surface area contributed by atoms with Gasteiger partial charge < -0.3 is 4.90 Å². The maximum absolute atomic E-state index is 10.7. The van der Waals surface area contributed by atoms with Gasteiger partial charge in [0.2, 0.25) is 5.91 Å². The predicted octanol–water partition coefficient (Wildman–Crippen LogP) is 0.538. The van der Waals surface area contributed by atoms with E-state index in [2.05, 4.69) is 0 Å². The zero-order valence-corrected chi connectivity index (χ0v) is 5.86. The molecule has 1 unspecified atom stereocenters. The topological polar surface area (TPSA) is 20.3 Å². The van der Waals surface area contributed by atoms with Crippen molar-refractivity contribution >= 4 is 17.7 Å². The van der Waals surface area contributed by atoms with Crippen LogP contribution < -0.4 is 0 Å². The highest BCUT2D eigenvalue weighted by atomic mass is 32.2. The summed E-state index contributed by atoms with van der Waals surface area (Å²) in [5.41, 5.74) is 0. The Labute approximate surface area is 53.2 Å². The first-order valence-corrected chi connectivity index (χ1v) is 3.64. The lowest BCUT2D eigenvalue weighted by Crippen LogP contribution is -2.25. The van der Waals surface area contributed by atoms with E-state index < -0.39 is 0 Å². The normalized spacial score (nSPS) is 29.5. The molecule has 8 heavy (non-hydrogen) atoms. The van der Waals surface area contributed by atoms with Crippen LogP contribution in [0, 0.1) is 0 Å². The molecule has 1 fully saturated rings. The number of nitrogens with zero attached hydrogens (tertiary/aromatic N) is 1. The summed E-state index contributed by atoms with van der Waals surface area (Å²) >= 11 is 1.69. The highest BCUT2D eigenvalue weighted by molar-refractivity contribution is 8.00. The summed E-state index contributed by atoms with van der Waals surface area (Å²) in [5, 5.41) is 0.391. The highest BCUT2D eigenvalue weighted by Crippen LogP contribution is 2.21. The summed E-state index contributed by atoms with van der Waals surface area (Å²) in [6.45, 7) is 2.04. The third-order valence-corrected chi connectivity index (χ3v) is 2.60. The van der Waals surface area contributed by atoms with Crippen LogP contribution in [-0.4, -0.2) is 29.0 Å². The van der Waals surface area contributed by atoms with Gasteiger partial charge in [0.15, 0.2) is 0 Å². The number of carbonyl (C=O) groups excluding carboxylic acids is 1. The van der Waals surface area contributed by atoms with Crippen molar-refractivity contribution in [1.29, 1.82) is 0 Å². The molecule has 0 aromatic carbocycles. The van der Waals surface area contributed by atoms with E-state index in [4.69, 9.17) is 0 Å². The van der Waals surface area contributed by atoms with E-state index in [0.29, 0.717) is 11.1 Å². The Morgan fingerprint density at radius 2 is 2.50 bits per heavy atom. The minimum Gasteiger partial charge on any atom is -0.333 e. The van der Waals surface area contributed by atoms with Crippen LogP contribution in [0.25, 0.3) is 0 Å². The second kappa shape index (κ2) is 1.97. The molecule has 1 aliphatic rings. The largest absolute Gasteiger partial charge is 0.333 e. The minimum absolute atomic E-state index is 0.252.